The van der Waals surface area contributed by atoms with Crippen molar-refractivity contribution in [1.82, 2.24) is 19.1 Å². The minimum atomic E-state index is -3.55. The fourth-order valence-corrected chi connectivity index (χ4v) is 5.46. The molecule has 4 rings (SSSR count). The summed E-state index contributed by atoms with van der Waals surface area (Å²) in [5.41, 5.74) is 3.26. The standard InChI is InChI=1S/C25H25FN6O2S/c1-18(30-22-8-11-32(12-9-22)35(33,34)23-15-29-31(2)17-23)24-16-28-10-7-20(24)5-3-19-4-6-25(26)21(13-19)14-27/h3-7,10,13,15-17,22H,8-9,11-12H2,1-2H3. The third-order valence-corrected chi connectivity index (χ3v) is 7.78. The van der Waals surface area contributed by atoms with Gasteiger partial charge in [0.1, 0.15) is 16.8 Å². The molecule has 1 saturated heterocycles. The number of benzene rings is 1. The molecule has 1 aliphatic heterocycles. The molecule has 0 amide bonds. The third kappa shape index (κ3) is 5.53. The van der Waals surface area contributed by atoms with Crippen LogP contribution in [-0.2, 0) is 17.1 Å². The van der Waals surface area contributed by atoms with Crippen LogP contribution < -0.4 is 0 Å². The van der Waals surface area contributed by atoms with Crippen molar-refractivity contribution in [1.29, 1.82) is 5.26 Å². The second kappa shape index (κ2) is 10.3. The molecule has 1 aromatic carbocycles. The van der Waals surface area contributed by atoms with Crippen molar-refractivity contribution in [3.8, 4) is 6.07 Å². The Kier molecular flexibility index (Phi) is 7.19. The summed E-state index contributed by atoms with van der Waals surface area (Å²) in [6.45, 7) is 2.70. The van der Waals surface area contributed by atoms with Gasteiger partial charge in [-0.2, -0.15) is 14.7 Å². The molecule has 3 heterocycles. The summed E-state index contributed by atoms with van der Waals surface area (Å²) in [7, 11) is -1.87. The first-order valence-electron chi connectivity index (χ1n) is 11.1. The average molecular weight is 493 g/mol. The van der Waals surface area contributed by atoms with E-state index in [4.69, 9.17) is 10.3 Å². The maximum absolute atomic E-state index is 13.6. The van der Waals surface area contributed by atoms with Gasteiger partial charge in [0.15, 0.2) is 0 Å². The first-order valence-corrected chi connectivity index (χ1v) is 12.6. The van der Waals surface area contributed by atoms with E-state index in [2.05, 4.69) is 10.1 Å². The second-order valence-corrected chi connectivity index (χ2v) is 10.3. The summed E-state index contributed by atoms with van der Waals surface area (Å²) in [6.07, 6.45) is 11.2. The maximum atomic E-state index is 13.6. The van der Waals surface area contributed by atoms with Crippen molar-refractivity contribution < 1.29 is 12.8 Å². The van der Waals surface area contributed by atoms with Crippen molar-refractivity contribution in [2.75, 3.05) is 13.1 Å². The first kappa shape index (κ1) is 24.4. The van der Waals surface area contributed by atoms with Gasteiger partial charge in [-0.3, -0.25) is 14.7 Å². The molecule has 0 bridgehead atoms. The van der Waals surface area contributed by atoms with E-state index in [0.29, 0.717) is 31.5 Å². The zero-order valence-corrected chi connectivity index (χ0v) is 20.3. The monoisotopic (exact) mass is 492 g/mol. The van der Waals surface area contributed by atoms with Crippen LogP contribution in [0.3, 0.4) is 0 Å². The minimum absolute atomic E-state index is 0.00247. The number of hydrogen-bond donors (Lipinski definition) is 0. The highest BCUT2D eigenvalue weighted by atomic mass is 32.2. The number of halogens is 1. The van der Waals surface area contributed by atoms with E-state index in [9.17, 15) is 12.8 Å². The van der Waals surface area contributed by atoms with Crippen LogP contribution in [0.15, 0.2) is 58.9 Å². The lowest BCUT2D eigenvalue weighted by molar-refractivity contribution is 0.321. The number of aryl methyl sites for hydroxylation is 1. The van der Waals surface area contributed by atoms with Gasteiger partial charge in [0.05, 0.1) is 17.8 Å². The fourth-order valence-electron chi connectivity index (χ4n) is 4.01. The van der Waals surface area contributed by atoms with Gasteiger partial charge in [-0.1, -0.05) is 18.2 Å². The number of pyridine rings is 1. The van der Waals surface area contributed by atoms with Gasteiger partial charge < -0.3 is 0 Å². The van der Waals surface area contributed by atoms with E-state index in [1.54, 1.807) is 25.5 Å². The molecule has 0 N–H and O–H groups in total. The lowest BCUT2D eigenvalue weighted by Gasteiger charge is -2.29. The topological polar surface area (TPSA) is 104 Å². The Morgan fingerprint density at radius 1 is 1.23 bits per heavy atom. The molecule has 10 heteroatoms. The van der Waals surface area contributed by atoms with Crippen LogP contribution in [0.4, 0.5) is 4.39 Å². The first-order chi connectivity index (χ1) is 16.8. The van der Waals surface area contributed by atoms with Crippen molar-refractivity contribution in [2.45, 2.75) is 30.7 Å². The predicted molar refractivity (Wildman–Crippen MR) is 131 cm³/mol. The van der Waals surface area contributed by atoms with Gasteiger partial charge in [0.25, 0.3) is 0 Å². The van der Waals surface area contributed by atoms with Gasteiger partial charge in [0.2, 0.25) is 10.0 Å². The molecule has 3 aromatic rings. The van der Waals surface area contributed by atoms with E-state index in [-0.39, 0.29) is 16.5 Å². The number of hydrogen-bond acceptors (Lipinski definition) is 6. The Balaban J connectivity index is 1.47. The second-order valence-electron chi connectivity index (χ2n) is 8.35. The van der Waals surface area contributed by atoms with Crippen molar-refractivity contribution in [3.63, 3.8) is 0 Å². The zero-order chi connectivity index (χ0) is 25.0. The van der Waals surface area contributed by atoms with Gasteiger partial charge >= 0.3 is 0 Å². The van der Waals surface area contributed by atoms with Crippen LogP contribution in [0.1, 0.15) is 42.0 Å². The molecule has 0 spiro atoms. The van der Waals surface area contributed by atoms with Crippen LogP contribution in [0.2, 0.25) is 0 Å². The largest absolute Gasteiger partial charge is 0.286 e. The Morgan fingerprint density at radius 3 is 2.69 bits per heavy atom. The highest BCUT2D eigenvalue weighted by molar-refractivity contribution is 7.89. The lowest BCUT2D eigenvalue weighted by Crippen LogP contribution is -2.39. The zero-order valence-electron chi connectivity index (χ0n) is 19.5. The molecule has 1 aliphatic rings. The number of nitriles is 1. The SMILES string of the molecule is CC(=NC1CCN(S(=O)(=O)c2cnn(C)c2)CC1)c1cnccc1C=Cc1ccc(F)c(C#N)c1. The predicted octanol–water partition coefficient (Wildman–Crippen LogP) is 3.66. The van der Waals surface area contributed by atoms with Crippen molar-refractivity contribution >= 4 is 27.9 Å². The Morgan fingerprint density at radius 2 is 2.00 bits per heavy atom. The third-order valence-electron chi connectivity index (χ3n) is 5.93. The quantitative estimate of drug-likeness (QED) is 0.489. The lowest BCUT2D eigenvalue weighted by atomic mass is 10.0. The number of sulfonamides is 1. The summed E-state index contributed by atoms with van der Waals surface area (Å²) >= 11 is 0. The number of piperidine rings is 1. The van der Waals surface area contributed by atoms with Gasteiger partial charge in [-0.05, 0) is 49.1 Å². The Labute approximate surface area is 204 Å². The van der Waals surface area contributed by atoms with Crippen LogP contribution >= 0.6 is 0 Å². The molecule has 0 radical (unpaired) electrons. The number of nitrogens with zero attached hydrogens (tertiary/aromatic N) is 6. The number of aliphatic imine (C=N–C) groups is 1. The highest BCUT2D eigenvalue weighted by Crippen LogP contribution is 2.23. The summed E-state index contributed by atoms with van der Waals surface area (Å²) in [5.74, 6) is -0.545. The molecule has 0 saturated carbocycles. The van der Waals surface area contributed by atoms with E-state index < -0.39 is 15.8 Å². The Bertz CT molecular complexity index is 1430. The summed E-state index contributed by atoms with van der Waals surface area (Å²) in [6, 6.07) is 8.11. The molecule has 2 aromatic heterocycles. The minimum Gasteiger partial charge on any atom is -0.286 e. The van der Waals surface area contributed by atoms with Gasteiger partial charge in [0, 0.05) is 50.0 Å². The summed E-state index contributed by atoms with van der Waals surface area (Å²) in [5, 5.41) is 13.0. The molecular weight excluding hydrogens is 467 g/mol. The maximum Gasteiger partial charge on any atom is 0.246 e. The fraction of sp³-hybridized carbons (Fsp3) is 0.280. The van der Waals surface area contributed by atoms with Crippen LogP contribution in [0, 0.1) is 17.1 Å². The van der Waals surface area contributed by atoms with Crippen LogP contribution in [-0.4, -0.2) is 52.3 Å². The average Bonchev–Trinajstić information content (AvgIpc) is 3.31. The summed E-state index contributed by atoms with van der Waals surface area (Å²) in [4.78, 5) is 9.30. The van der Waals surface area contributed by atoms with E-state index in [0.717, 1.165) is 16.8 Å². The van der Waals surface area contributed by atoms with E-state index >= 15 is 0 Å². The molecule has 35 heavy (non-hydrogen) atoms. The highest BCUT2D eigenvalue weighted by Gasteiger charge is 2.30. The number of aromatic nitrogens is 3. The number of rotatable bonds is 6. The van der Waals surface area contributed by atoms with Gasteiger partial charge in [-0.15, -0.1) is 0 Å². The van der Waals surface area contributed by atoms with E-state index in [1.807, 2.05) is 31.2 Å². The molecule has 8 nitrogen and oxygen atoms in total. The smallest absolute Gasteiger partial charge is 0.246 e. The van der Waals surface area contributed by atoms with Crippen molar-refractivity contribution in [2.24, 2.45) is 12.0 Å². The molecule has 1 fully saturated rings. The Hall–Kier alpha value is -3.68. The molecule has 180 valence electrons. The molecule has 0 aliphatic carbocycles. The summed E-state index contributed by atoms with van der Waals surface area (Å²) < 4.78 is 42.2. The molecular formula is C25H25FN6O2S. The van der Waals surface area contributed by atoms with Gasteiger partial charge in [-0.25, -0.2) is 12.8 Å². The molecule has 0 atom stereocenters. The van der Waals surface area contributed by atoms with E-state index in [1.165, 1.54) is 33.5 Å². The van der Waals surface area contributed by atoms with Crippen molar-refractivity contribution in [3.05, 3.63) is 77.1 Å². The van der Waals surface area contributed by atoms with Crippen LogP contribution in [0.5, 0.6) is 0 Å². The van der Waals surface area contributed by atoms with Crippen LogP contribution in [0.25, 0.3) is 12.2 Å². The normalized spacial score (nSPS) is 16.0. The molecule has 0 unspecified atom stereocenters.